The lowest BCUT2D eigenvalue weighted by atomic mass is 10.2. The van der Waals surface area contributed by atoms with E-state index in [4.69, 9.17) is 34.5 Å². The molecule has 1 N–H and O–H groups in total. The summed E-state index contributed by atoms with van der Waals surface area (Å²) in [6.45, 7) is 7.58. The lowest BCUT2D eigenvalue weighted by molar-refractivity contribution is 0.487. The van der Waals surface area contributed by atoms with Crippen molar-refractivity contribution in [3.63, 3.8) is 0 Å². The third-order valence-electron chi connectivity index (χ3n) is 4.51. The number of hydrogen-bond acceptors (Lipinski definition) is 5. The molecule has 0 aliphatic heterocycles. The van der Waals surface area contributed by atoms with Crippen molar-refractivity contribution in [1.29, 1.82) is 0 Å². The summed E-state index contributed by atoms with van der Waals surface area (Å²) in [7, 11) is 0. The van der Waals surface area contributed by atoms with Crippen LogP contribution in [0.25, 0.3) is 26.9 Å². The molecule has 0 amide bonds. The van der Waals surface area contributed by atoms with Crippen molar-refractivity contribution in [3.8, 4) is 11.5 Å². The molecule has 0 unspecified atom stereocenters. The Bertz CT molecular complexity index is 1450. The van der Waals surface area contributed by atoms with Gasteiger partial charge in [-0.25, -0.2) is 14.5 Å². The number of rotatable bonds is 4. The van der Waals surface area contributed by atoms with E-state index in [1.165, 1.54) is 0 Å². The maximum absolute atomic E-state index is 7.19. The average Bonchev–Trinajstić information content (AvgIpc) is 3.34. The minimum Gasteiger partial charge on any atom is -0.455 e. The van der Waals surface area contributed by atoms with E-state index < -0.39 is 0 Å². The van der Waals surface area contributed by atoms with Crippen molar-refractivity contribution in [3.05, 3.63) is 75.8 Å². The zero-order chi connectivity index (χ0) is 20.7. The largest absolute Gasteiger partial charge is 0.455 e. The summed E-state index contributed by atoms with van der Waals surface area (Å²) in [6, 6.07) is 12.1. The van der Waals surface area contributed by atoms with Crippen LogP contribution < -0.4 is 4.74 Å². The quantitative estimate of drug-likeness (QED) is 0.381. The molecule has 5 aromatic rings. The van der Waals surface area contributed by atoms with Gasteiger partial charge >= 0.3 is 0 Å². The van der Waals surface area contributed by atoms with Crippen molar-refractivity contribution in [2.75, 3.05) is 0 Å². The lowest BCUT2D eigenvalue weighted by Gasteiger charge is -2.09. The number of aromatic amines is 1. The first kappa shape index (κ1) is 18.4. The van der Waals surface area contributed by atoms with Crippen LogP contribution in [0.1, 0.15) is 5.69 Å². The first-order chi connectivity index (χ1) is 14.6. The highest BCUT2D eigenvalue weighted by atomic mass is 35.5. The standard InChI is InChI=1S/C20H11Cl2N7O/c1-23-12-7-11(21)8-13(9-12)30-19-15(22)4-5-17-18(19)26-28-29(17)10-16-14-3-2-6-24-20(14)27-25-16/h2-9H,10H2,(H,24,25,27). The highest BCUT2D eigenvalue weighted by Gasteiger charge is 2.17. The van der Waals surface area contributed by atoms with Crippen LogP contribution in [0.4, 0.5) is 5.69 Å². The molecule has 0 saturated carbocycles. The van der Waals surface area contributed by atoms with Gasteiger partial charge in [0.2, 0.25) is 0 Å². The van der Waals surface area contributed by atoms with Crippen molar-refractivity contribution >= 4 is 51.0 Å². The zero-order valence-corrected chi connectivity index (χ0v) is 16.7. The monoisotopic (exact) mass is 435 g/mol. The van der Waals surface area contributed by atoms with Crippen molar-refractivity contribution in [1.82, 2.24) is 30.2 Å². The van der Waals surface area contributed by atoms with E-state index in [0.717, 1.165) is 16.6 Å². The van der Waals surface area contributed by atoms with Crippen LogP contribution in [0.15, 0.2) is 48.7 Å². The third-order valence-corrected chi connectivity index (χ3v) is 5.03. The molecule has 0 spiro atoms. The fourth-order valence-electron chi connectivity index (χ4n) is 3.16. The molecule has 30 heavy (non-hydrogen) atoms. The number of benzene rings is 2. The molecule has 3 heterocycles. The van der Waals surface area contributed by atoms with Gasteiger partial charge in [0.05, 0.1) is 29.4 Å². The summed E-state index contributed by atoms with van der Waals surface area (Å²) in [4.78, 5) is 7.65. The van der Waals surface area contributed by atoms with Crippen LogP contribution in [-0.2, 0) is 6.54 Å². The Morgan fingerprint density at radius 3 is 2.93 bits per heavy atom. The van der Waals surface area contributed by atoms with Gasteiger partial charge in [0.15, 0.2) is 22.6 Å². The Kier molecular flexibility index (Phi) is 4.47. The normalized spacial score (nSPS) is 11.1. The number of hydrogen-bond donors (Lipinski definition) is 1. The van der Waals surface area contributed by atoms with E-state index in [-0.39, 0.29) is 0 Å². The molecular weight excluding hydrogens is 425 g/mol. The second-order valence-electron chi connectivity index (χ2n) is 6.42. The lowest BCUT2D eigenvalue weighted by Crippen LogP contribution is -2.02. The molecule has 0 radical (unpaired) electrons. The molecule has 0 saturated heterocycles. The van der Waals surface area contributed by atoms with Gasteiger partial charge in [-0.05, 0) is 42.5 Å². The van der Waals surface area contributed by atoms with E-state index in [0.29, 0.717) is 44.9 Å². The van der Waals surface area contributed by atoms with Gasteiger partial charge in [0.1, 0.15) is 5.75 Å². The van der Waals surface area contributed by atoms with E-state index in [1.54, 1.807) is 35.1 Å². The van der Waals surface area contributed by atoms with Crippen molar-refractivity contribution in [2.45, 2.75) is 6.54 Å². The number of pyridine rings is 1. The van der Waals surface area contributed by atoms with Crippen LogP contribution in [0.2, 0.25) is 10.0 Å². The third kappa shape index (κ3) is 3.20. The summed E-state index contributed by atoms with van der Waals surface area (Å²) in [6.07, 6.45) is 1.70. The van der Waals surface area contributed by atoms with Gasteiger partial charge in [-0.1, -0.05) is 28.4 Å². The van der Waals surface area contributed by atoms with E-state index in [2.05, 4.69) is 30.3 Å². The highest BCUT2D eigenvalue weighted by Crippen LogP contribution is 2.37. The fourth-order valence-corrected chi connectivity index (χ4v) is 3.57. The fraction of sp³-hybridized carbons (Fsp3) is 0.0500. The predicted molar refractivity (Wildman–Crippen MR) is 113 cm³/mol. The molecule has 0 atom stereocenters. The van der Waals surface area contributed by atoms with Gasteiger partial charge < -0.3 is 4.74 Å². The van der Waals surface area contributed by atoms with Crippen LogP contribution in [0.3, 0.4) is 0 Å². The number of nitrogens with one attached hydrogen (secondary N) is 1. The van der Waals surface area contributed by atoms with Crippen LogP contribution in [0, 0.1) is 6.57 Å². The van der Waals surface area contributed by atoms with Crippen molar-refractivity contribution < 1.29 is 4.74 Å². The van der Waals surface area contributed by atoms with Crippen LogP contribution in [-0.4, -0.2) is 30.2 Å². The number of ether oxygens (including phenoxy) is 1. The number of H-pyrrole nitrogens is 1. The average molecular weight is 436 g/mol. The summed E-state index contributed by atoms with van der Waals surface area (Å²) >= 11 is 12.5. The Morgan fingerprint density at radius 1 is 1.17 bits per heavy atom. The Hall–Kier alpha value is -3.67. The highest BCUT2D eigenvalue weighted by molar-refractivity contribution is 6.33. The number of halogens is 2. The molecule has 3 aromatic heterocycles. The number of aromatic nitrogens is 6. The topological polar surface area (TPSA) is 85.9 Å². The SMILES string of the molecule is [C-]#[N+]c1cc(Cl)cc(Oc2c(Cl)ccc3c2nnn3Cc2n[nH]c3ncccc23)c1. The summed E-state index contributed by atoms with van der Waals surface area (Å²) < 4.78 is 7.67. The molecule has 10 heteroatoms. The molecule has 2 aromatic carbocycles. The van der Waals surface area contributed by atoms with E-state index in [9.17, 15) is 0 Å². The molecule has 8 nitrogen and oxygen atoms in total. The molecule has 0 aliphatic rings. The molecular formula is C20H11Cl2N7O. The van der Waals surface area contributed by atoms with Crippen LogP contribution >= 0.6 is 23.2 Å². The maximum Gasteiger partial charge on any atom is 0.192 e. The van der Waals surface area contributed by atoms with Gasteiger partial charge in [-0.15, -0.1) is 5.10 Å². The Labute approximate surface area is 179 Å². The molecule has 0 fully saturated rings. The molecule has 146 valence electrons. The van der Waals surface area contributed by atoms with Crippen molar-refractivity contribution in [2.24, 2.45) is 0 Å². The second-order valence-corrected chi connectivity index (χ2v) is 7.26. The van der Waals surface area contributed by atoms with Crippen LogP contribution in [0.5, 0.6) is 11.5 Å². The minimum atomic E-state index is 0.340. The summed E-state index contributed by atoms with van der Waals surface area (Å²) in [5.41, 5.74) is 3.08. The number of fused-ring (bicyclic) bond motifs is 2. The summed E-state index contributed by atoms with van der Waals surface area (Å²) in [5, 5.41) is 17.4. The Balaban J connectivity index is 1.55. The smallest absolute Gasteiger partial charge is 0.192 e. The maximum atomic E-state index is 7.19. The van der Waals surface area contributed by atoms with Gasteiger partial charge in [-0.2, -0.15) is 5.10 Å². The molecule has 5 rings (SSSR count). The van der Waals surface area contributed by atoms with Gasteiger partial charge in [0.25, 0.3) is 0 Å². The van der Waals surface area contributed by atoms with E-state index >= 15 is 0 Å². The first-order valence-electron chi connectivity index (χ1n) is 8.78. The van der Waals surface area contributed by atoms with Gasteiger partial charge in [-0.3, -0.25) is 5.10 Å². The first-order valence-corrected chi connectivity index (χ1v) is 9.53. The molecule has 0 aliphatic carbocycles. The number of nitrogens with zero attached hydrogens (tertiary/aromatic N) is 6. The predicted octanol–water partition coefficient (Wildman–Crippen LogP) is 5.40. The Morgan fingerprint density at radius 2 is 2.07 bits per heavy atom. The van der Waals surface area contributed by atoms with Gasteiger partial charge in [0, 0.05) is 16.6 Å². The van der Waals surface area contributed by atoms with E-state index in [1.807, 2.05) is 18.2 Å². The molecule has 0 bridgehead atoms. The second kappa shape index (κ2) is 7.30. The minimum absolute atomic E-state index is 0.340. The summed E-state index contributed by atoms with van der Waals surface area (Å²) in [5.74, 6) is 0.731. The zero-order valence-electron chi connectivity index (χ0n) is 15.2.